The van der Waals surface area contributed by atoms with Crippen LogP contribution in [0.3, 0.4) is 0 Å². The molecule has 0 radical (unpaired) electrons. The zero-order chi connectivity index (χ0) is 14.0. The van der Waals surface area contributed by atoms with Crippen molar-refractivity contribution in [2.75, 3.05) is 26.7 Å². The van der Waals surface area contributed by atoms with Crippen molar-refractivity contribution in [1.82, 2.24) is 9.80 Å². The summed E-state index contributed by atoms with van der Waals surface area (Å²) >= 11 is 0. The quantitative estimate of drug-likeness (QED) is 0.850. The molecule has 102 valence electrons. The minimum absolute atomic E-state index is 0.0456. The summed E-state index contributed by atoms with van der Waals surface area (Å²) < 4.78 is 0. The molecule has 1 saturated heterocycles. The first-order chi connectivity index (χ1) is 8.97. The molecule has 1 heterocycles. The third-order valence-electron chi connectivity index (χ3n) is 3.40. The average Bonchev–Trinajstić information content (AvgIpc) is 2.36. The lowest BCUT2D eigenvalue weighted by atomic mass is 10.1. The molecule has 19 heavy (non-hydrogen) atoms. The van der Waals surface area contributed by atoms with Crippen LogP contribution in [0.1, 0.15) is 17.2 Å². The number of hydrogen-bond donors (Lipinski definition) is 1. The lowest BCUT2D eigenvalue weighted by Gasteiger charge is -2.33. The van der Waals surface area contributed by atoms with Gasteiger partial charge in [-0.3, -0.25) is 9.59 Å². The molecule has 0 aliphatic carbocycles. The minimum Gasteiger partial charge on any atom is -0.335 e. The zero-order valence-electron chi connectivity index (χ0n) is 11.3. The summed E-state index contributed by atoms with van der Waals surface area (Å²) in [4.78, 5) is 26.4. The van der Waals surface area contributed by atoms with Crippen LogP contribution in [0.15, 0.2) is 24.3 Å². The molecule has 1 aliphatic heterocycles. The van der Waals surface area contributed by atoms with Gasteiger partial charge in [0.05, 0.1) is 13.1 Å². The summed E-state index contributed by atoms with van der Waals surface area (Å²) in [6.45, 7) is 2.65. The Balaban J connectivity index is 2.02. The van der Waals surface area contributed by atoms with Gasteiger partial charge in [0.2, 0.25) is 11.8 Å². The minimum atomic E-state index is -0.263. The van der Waals surface area contributed by atoms with Crippen LogP contribution >= 0.6 is 0 Å². The summed E-state index contributed by atoms with van der Waals surface area (Å²) in [5.74, 6) is -0.0969. The van der Waals surface area contributed by atoms with Gasteiger partial charge in [0, 0.05) is 19.6 Å². The van der Waals surface area contributed by atoms with Crippen molar-refractivity contribution in [1.29, 1.82) is 0 Å². The van der Waals surface area contributed by atoms with Gasteiger partial charge in [0.15, 0.2) is 0 Å². The molecular formula is C14H19N3O2. The van der Waals surface area contributed by atoms with E-state index < -0.39 is 0 Å². The van der Waals surface area contributed by atoms with Crippen molar-refractivity contribution in [2.24, 2.45) is 5.73 Å². The molecule has 2 rings (SSSR count). The number of benzene rings is 1. The number of carbonyl (C=O) groups is 2. The highest BCUT2D eigenvalue weighted by Crippen LogP contribution is 2.14. The van der Waals surface area contributed by atoms with Crippen LogP contribution in [0.25, 0.3) is 0 Å². The van der Waals surface area contributed by atoms with Crippen LogP contribution in [0.5, 0.6) is 0 Å². The van der Waals surface area contributed by atoms with Crippen molar-refractivity contribution in [3.05, 3.63) is 35.4 Å². The van der Waals surface area contributed by atoms with E-state index in [1.165, 1.54) is 15.4 Å². The number of amides is 2. The second-order valence-corrected chi connectivity index (χ2v) is 5.04. The fraction of sp³-hybridized carbons (Fsp3) is 0.429. The fourth-order valence-corrected chi connectivity index (χ4v) is 2.09. The van der Waals surface area contributed by atoms with Crippen LogP contribution in [0, 0.1) is 6.92 Å². The third-order valence-corrected chi connectivity index (χ3v) is 3.40. The Kier molecular flexibility index (Phi) is 3.85. The highest BCUT2D eigenvalue weighted by molar-refractivity contribution is 5.92. The number of hydrogen-bond acceptors (Lipinski definition) is 3. The predicted octanol–water partition coefficient (Wildman–Crippen LogP) is 0.295. The van der Waals surface area contributed by atoms with Gasteiger partial charge in [-0.1, -0.05) is 29.8 Å². The largest absolute Gasteiger partial charge is 0.335 e. The Morgan fingerprint density at radius 2 is 1.79 bits per heavy atom. The predicted molar refractivity (Wildman–Crippen MR) is 72.3 cm³/mol. The van der Waals surface area contributed by atoms with Gasteiger partial charge in [-0.15, -0.1) is 0 Å². The smallest absolute Gasteiger partial charge is 0.242 e. The highest BCUT2D eigenvalue weighted by atomic mass is 16.2. The number of nitrogens with zero attached hydrogens (tertiary/aromatic N) is 2. The van der Waals surface area contributed by atoms with Crippen LogP contribution in [-0.4, -0.2) is 48.3 Å². The van der Waals surface area contributed by atoms with Gasteiger partial charge in [-0.25, -0.2) is 0 Å². The van der Waals surface area contributed by atoms with Gasteiger partial charge >= 0.3 is 0 Å². The van der Waals surface area contributed by atoms with E-state index >= 15 is 0 Å². The first-order valence-electron chi connectivity index (χ1n) is 6.31. The molecule has 2 amide bonds. The maximum Gasteiger partial charge on any atom is 0.242 e. The Morgan fingerprint density at radius 1 is 1.16 bits per heavy atom. The highest BCUT2D eigenvalue weighted by Gasteiger charge is 2.28. The molecule has 0 saturated carbocycles. The number of piperazine rings is 1. The van der Waals surface area contributed by atoms with E-state index in [1.807, 2.05) is 31.2 Å². The number of likely N-dealkylation sites (N-methyl/N-ethyl adjacent to an activating group) is 1. The second-order valence-electron chi connectivity index (χ2n) is 5.04. The SMILES string of the molecule is Cc1ccc(C(N)CN2CC(=O)N(C)CC2=O)cc1. The first kappa shape index (κ1) is 13.5. The van der Waals surface area contributed by atoms with Crippen LogP contribution in [0.2, 0.25) is 0 Å². The standard InChI is InChI=1S/C14H19N3O2/c1-10-3-5-11(6-4-10)12(15)7-17-9-13(18)16(2)8-14(17)19/h3-6,12H,7-9,15H2,1-2H3. The van der Waals surface area contributed by atoms with Crippen molar-refractivity contribution in [3.8, 4) is 0 Å². The van der Waals surface area contributed by atoms with Crippen LogP contribution < -0.4 is 5.73 Å². The van der Waals surface area contributed by atoms with Crippen molar-refractivity contribution in [3.63, 3.8) is 0 Å². The normalized spacial score (nSPS) is 17.8. The molecule has 0 bridgehead atoms. The van der Waals surface area contributed by atoms with E-state index in [9.17, 15) is 9.59 Å². The van der Waals surface area contributed by atoms with Gasteiger partial charge in [-0.05, 0) is 12.5 Å². The second kappa shape index (κ2) is 5.40. The van der Waals surface area contributed by atoms with Gasteiger partial charge in [0.1, 0.15) is 0 Å². The molecule has 1 fully saturated rings. The monoisotopic (exact) mass is 261 g/mol. The molecule has 2 N–H and O–H groups in total. The molecule has 1 aromatic carbocycles. The van der Waals surface area contributed by atoms with E-state index in [2.05, 4.69) is 0 Å². The lowest BCUT2D eigenvalue weighted by molar-refractivity contribution is -0.148. The molecule has 1 aromatic rings. The zero-order valence-corrected chi connectivity index (χ0v) is 11.3. The summed E-state index contributed by atoms with van der Waals surface area (Å²) in [5, 5.41) is 0. The van der Waals surface area contributed by atoms with E-state index in [0.29, 0.717) is 6.54 Å². The first-order valence-corrected chi connectivity index (χ1v) is 6.31. The van der Waals surface area contributed by atoms with Crippen molar-refractivity contribution in [2.45, 2.75) is 13.0 Å². The summed E-state index contributed by atoms with van der Waals surface area (Å²) in [7, 11) is 1.64. The fourth-order valence-electron chi connectivity index (χ4n) is 2.09. The summed E-state index contributed by atoms with van der Waals surface area (Å²) in [6.07, 6.45) is 0. The van der Waals surface area contributed by atoms with Gasteiger partial charge in [-0.2, -0.15) is 0 Å². The average molecular weight is 261 g/mol. The number of rotatable bonds is 3. The maximum absolute atomic E-state index is 11.8. The Hall–Kier alpha value is -1.88. The molecule has 1 unspecified atom stereocenters. The Labute approximate surface area is 113 Å². The number of carbonyl (C=O) groups excluding carboxylic acids is 2. The Bertz CT molecular complexity index is 484. The van der Waals surface area contributed by atoms with E-state index in [-0.39, 0.29) is 30.9 Å². The van der Waals surface area contributed by atoms with E-state index in [0.717, 1.165) is 5.56 Å². The lowest BCUT2D eigenvalue weighted by Crippen LogP contribution is -2.53. The van der Waals surface area contributed by atoms with E-state index in [1.54, 1.807) is 7.05 Å². The van der Waals surface area contributed by atoms with Crippen LogP contribution in [-0.2, 0) is 9.59 Å². The number of nitrogens with two attached hydrogens (primary N) is 1. The molecule has 1 aliphatic rings. The maximum atomic E-state index is 11.8. The van der Waals surface area contributed by atoms with Crippen LogP contribution in [0.4, 0.5) is 0 Å². The molecular weight excluding hydrogens is 242 g/mol. The summed E-state index contributed by atoms with van der Waals surface area (Å²) in [5.41, 5.74) is 8.24. The van der Waals surface area contributed by atoms with Crippen molar-refractivity contribution >= 4 is 11.8 Å². The molecule has 0 spiro atoms. The Morgan fingerprint density at radius 3 is 2.42 bits per heavy atom. The van der Waals surface area contributed by atoms with Crippen molar-refractivity contribution < 1.29 is 9.59 Å². The topological polar surface area (TPSA) is 66.6 Å². The molecule has 1 atom stereocenters. The third kappa shape index (κ3) is 3.12. The van der Waals surface area contributed by atoms with Gasteiger partial charge in [0.25, 0.3) is 0 Å². The van der Waals surface area contributed by atoms with E-state index in [4.69, 9.17) is 5.73 Å². The summed E-state index contributed by atoms with van der Waals surface area (Å²) in [6, 6.07) is 7.64. The molecule has 5 heteroatoms. The molecule has 0 aromatic heterocycles. The molecule has 5 nitrogen and oxygen atoms in total. The number of aryl methyl sites for hydroxylation is 1. The van der Waals surface area contributed by atoms with Gasteiger partial charge < -0.3 is 15.5 Å².